The molecule has 0 saturated heterocycles. The van der Waals surface area contributed by atoms with E-state index in [1.54, 1.807) is 0 Å². The van der Waals surface area contributed by atoms with Crippen LogP contribution in [-0.2, 0) is 6.54 Å². The topological polar surface area (TPSA) is 46.3 Å². The van der Waals surface area contributed by atoms with Crippen molar-refractivity contribution in [3.8, 4) is 0 Å². The van der Waals surface area contributed by atoms with Gasteiger partial charge in [-0.3, -0.25) is 9.88 Å². The molecular weight excluding hydrogens is 274 g/mol. The quantitative estimate of drug-likeness (QED) is 0.742. The molecule has 5 heteroatoms. The monoisotopic (exact) mass is 295 g/mol. The number of hydrogen-bond acceptors (Lipinski definition) is 4. The number of aryl methyl sites for hydroxylation is 2. The average molecular weight is 295 g/mol. The zero-order valence-corrected chi connectivity index (χ0v) is 13.5. The zero-order chi connectivity index (χ0) is 15.7. The van der Waals surface area contributed by atoms with Crippen LogP contribution in [0, 0.1) is 13.8 Å². The van der Waals surface area contributed by atoms with E-state index in [2.05, 4.69) is 46.9 Å². The number of aromatic nitrogens is 4. The molecule has 0 amide bonds. The standard InChI is InChI=1S/C17H21N5/c1-12-9-13(2)22-17(20-12)15(10-19-22)11-21(4)14(3)16-7-5-6-8-18-16/h5-10,14H,11H2,1-4H3. The van der Waals surface area contributed by atoms with E-state index in [0.29, 0.717) is 0 Å². The van der Waals surface area contributed by atoms with Gasteiger partial charge in [-0.05, 0) is 46.0 Å². The fourth-order valence-corrected chi connectivity index (χ4v) is 2.68. The highest BCUT2D eigenvalue weighted by Gasteiger charge is 2.16. The van der Waals surface area contributed by atoms with Crippen molar-refractivity contribution in [3.05, 3.63) is 59.3 Å². The van der Waals surface area contributed by atoms with Crippen LogP contribution in [0.5, 0.6) is 0 Å². The molecule has 3 aromatic rings. The Morgan fingerprint density at radius 2 is 2.09 bits per heavy atom. The molecule has 5 nitrogen and oxygen atoms in total. The lowest BCUT2D eigenvalue weighted by molar-refractivity contribution is 0.249. The summed E-state index contributed by atoms with van der Waals surface area (Å²) in [7, 11) is 2.10. The second kappa shape index (κ2) is 5.85. The molecule has 0 N–H and O–H groups in total. The van der Waals surface area contributed by atoms with E-state index in [9.17, 15) is 0 Å². The minimum Gasteiger partial charge on any atom is -0.294 e. The summed E-state index contributed by atoms with van der Waals surface area (Å²) in [6.07, 6.45) is 3.75. The van der Waals surface area contributed by atoms with E-state index in [0.717, 1.165) is 34.8 Å². The second-order valence-electron chi connectivity index (χ2n) is 5.79. The van der Waals surface area contributed by atoms with Crippen LogP contribution in [-0.4, -0.2) is 31.5 Å². The fourth-order valence-electron chi connectivity index (χ4n) is 2.68. The van der Waals surface area contributed by atoms with Gasteiger partial charge in [0.15, 0.2) is 5.65 Å². The summed E-state index contributed by atoms with van der Waals surface area (Å²) in [5.74, 6) is 0. The van der Waals surface area contributed by atoms with Gasteiger partial charge in [-0.1, -0.05) is 6.07 Å². The van der Waals surface area contributed by atoms with Crippen LogP contribution in [0.4, 0.5) is 0 Å². The molecule has 0 aromatic carbocycles. The number of rotatable bonds is 4. The summed E-state index contributed by atoms with van der Waals surface area (Å²) >= 11 is 0. The molecule has 0 bridgehead atoms. The van der Waals surface area contributed by atoms with Crippen molar-refractivity contribution in [1.82, 2.24) is 24.5 Å². The maximum absolute atomic E-state index is 4.64. The zero-order valence-electron chi connectivity index (χ0n) is 13.5. The van der Waals surface area contributed by atoms with Crippen LogP contribution >= 0.6 is 0 Å². The molecule has 3 heterocycles. The molecule has 114 valence electrons. The van der Waals surface area contributed by atoms with Gasteiger partial charge in [-0.15, -0.1) is 0 Å². The van der Waals surface area contributed by atoms with Gasteiger partial charge in [-0.25, -0.2) is 9.50 Å². The first-order chi connectivity index (χ1) is 10.6. The first-order valence-electron chi connectivity index (χ1n) is 7.48. The van der Waals surface area contributed by atoms with Crippen LogP contribution in [0.15, 0.2) is 36.7 Å². The minimum atomic E-state index is 0.238. The molecule has 1 atom stereocenters. The maximum atomic E-state index is 4.64. The van der Waals surface area contributed by atoms with Crippen molar-refractivity contribution in [2.75, 3.05) is 7.05 Å². The lowest BCUT2D eigenvalue weighted by atomic mass is 10.1. The van der Waals surface area contributed by atoms with Gasteiger partial charge < -0.3 is 0 Å². The number of nitrogens with zero attached hydrogens (tertiary/aromatic N) is 5. The Morgan fingerprint density at radius 3 is 2.82 bits per heavy atom. The van der Waals surface area contributed by atoms with Gasteiger partial charge >= 0.3 is 0 Å². The third kappa shape index (κ3) is 2.72. The Balaban J connectivity index is 1.87. The molecule has 3 aromatic heterocycles. The van der Waals surface area contributed by atoms with Crippen LogP contribution in [0.25, 0.3) is 5.65 Å². The third-order valence-corrected chi connectivity index (χ3v) is 4.05. The van der Waals surface area contributed by atoms with E-state index >= 15 is 0 Å². The smallest absolute Gasteiger partial charge is 0.159 e. The number of hydrogen-bond donors (Lipinski definition) is 0. The predicted octanol–water partition coefficient (Wildman–Crippen LogP) is 2.93. The Hall–Kier alpha value is -2.27. The summed E-state index contributed by atoms with van der Waals surface area (Å²) in [6.45, 7) is 7.03. The average Bonchev–Trinajstić information content (AvgIpc) is 2.90. The van der Waals surface area contributed by atoms with Crippen molar-refractivity contribution >= 4 is 5.65 Å². The highest BCUT2D eigenvalue weighted by Crippen LogP contribution is 2.20. The van der Waals surface area contributed by atoms with Crippen molar-refractivity contribution < 1.29 is 0 Å². The molecule has 0 saturated carbocycles. The Bertz CT molecular complexity index is 778. The second-order valence-corrected chi connectivity index (χ2v) is 5.79. The van der Waals surface area contributed by atoms with Gasteiger partial charge in [-0.2, -0.15) is 5.10 Å². The first kappa shape index (κ1) is 14.7. The summed E-state index contributed by atoms with van der Waals surface area (Å²) in [5.41, 5.74) is 5.28. The highest BCUT2D eigenvalue weighted by molar-refractivity contribution is 5.47. The first-order valence-corrected chi connectivity index (χ1v) is 7.48. The molecule has 0 aliphatic rings. The van der Waals surface area contributed by atoms with E-state index in [1.807, 2.05) is 42.0 Å². The number of fused-ring (bicyclic) bond motifs is 1. The number of pyridine rings is 1. The van der Waals surface area contributed by atoms with Gasteiger partial charge in [0.1, 0.15) is 0 Å². The van der Waals surface area contributed by atoms with E-state index in [1.165, 1.54) is 0 Å². The summed E-state index contributed by atoms with van der Waals surface area (Å²) in [5, 5.41) is 4.46. The van der Waals surface area contributed by atoms with Crippen molar-refractivity contribution in [1.29, 1.82) is 0 Å². The van der Waals surface area contributed by atoms with Crippen LogP contribution in [0.1, 0.15) is 35.6 Å². The molecule has 0 radical (unpaired) electrons. The van der Waals surface area contributed by atoms with E-state index in [4.69, 9.17) is 0 Å². The summed E-state index contributed by atoms with van der Waals surface area (Å²) in [4.78, 5) is 11.3. The van der Waals surface area contributed by atoms with E-state index in [-0.39, 0.29) is 6.04 Å². The van der Waals surface area contributed by atoms with Gasteiger partial charge in [0, 0.05) is 35.7 Å². The Morgan fingerprint density at radius 1 is 1.27 bits per heavy atom. The fraction of sp³-hybridized carbons (Fsp3) is 0.353. The van der Waals surface area contributed by atoms with Gasteiger partial charge in [0.05, 0.1) is 11.9 Å². The van der Waals surface area contributed by atoms with Gasteiger partial charge in [0.2, 0.25) is 0 Å². The largest absolute Gasteiger partial charge is 0.294 e. The summed E-state index contributed by atoms with van der Waals surface area (Å²) in [6, 6.07) is 8.31. The predicted molar refractivity (Wildman–Crippen MR) is 86.6 cm³/mol. The molecule has 1 unspecified atom stereocenters. The molecule has 0 spiro atoms. The Labute approximate surface area is 130 Å². The van der Waals surface area contributed by atoms with Gasteiger partial charge in [0.25, 0.3) is 0 Å². The lowest BCUT2D eigenvalue weighted by Gasteiger charge is -2.23. The van der Waals surface area contributed by atoms with Crippen LogP contribution in [0.3, 0.4) is 0 Å². The molecular formula is C17H21N5. The summed E-state index contributed by atoms with van der Waals surface area (Å²) < 4.78 is 1.90. The van der Waals surface area contributed by atoms with E-state index < -0.39 is 0 Å². The van der Waals surface area contributed by atoms with Crippen molar-refractivity contribution in [3.63, 3.8) is 0 Å². The normalized spacial score (nSPS) is 13.0. The Kier molecular flexibility index (Phi) is 3.90. The van der Waals surface area contributed by atoms with Crippen LogP contribution in [0.2, 0.25) is 0 Å². The lowest BCUT2D eigenvalue weighted by Crippen LogP contribution is -2.22. The molecule has 0 aliphatic heterocycles. The molecule has 22 heavy (non-hydrogen) atoms. The van der Waals surface area contributed by atoms with Crippen molar-refractivity contribution in [2.45, 2.75) is 33.4 Å². The van der Waals surface area contributed by atoms with Crippen LogP contribution < -0.4 is 0 Å². The molecule has 0 fully saturated rings. The minimum absolute atomic E-state index is 0.238. The molecule has 0 aliphatic carbocycles. The third-order valence-electron chi connectivity index (χ3n) is 4.05. The highest BCUT2D eigenvalue weighted by atomic mass is 15.3. The molecule has 3 rings (SSSR count). The SMILES string of the molecule is Cc1cc(C)n2ncc(CN(C)C(C)c3ccccn3)c2n1. The van der Waals surface area contributed by atoms with Crippen molar-refractivity contribution in [2.24, 2.45) is 0 Å². The maximum Gasteiger partial charge on any atom is 0.159 e.